The minimum absolute atomic E-state index is 0.0772. The summed E-state index contributed by atoms with van der Waals surface area (Å²) in [6, 6.07) is 13.1. The maximum absolute atomic E-state index is 13.7. The van der Waals surface area contributed by atoms with E-state index in [9.17, 15) is 9.18 Å². The first-order valence-corrected chi connectivity index (χ1v) is 9.96. The molecule has 28 heavy (non-hydrogen) atoms. The summed E-state index contributed by atoms with van der Waals surface area (Å²) in [5.41, 5.74) is 2.09. The van der Waals surface area contributed by atoms with Crippen molar-refractivity contribution in [3.63, 3.8) is 0 Å². The van der Waals surface area contributed by atoms with Crippen LogP contribution in [0.15, 0.2) is 42.5 Å². The molecule has 1 fully saturated rings. The zero-order chi connectivity index (χ0) is 20.1. The van der Waals surface area contributed by atoms with Crippen molar-refractivity contribution in [1.29, 1.82) is 5.26 Å². The zero-order valence-corrected chi connectivity index (χ0v) is 16.5. The van der Waals surface area contributed by atoms with E-state index in [0.717, 1.165) is 6.07 Å². The van der Waals surface area contributed by atoms with E-state index in [4.69, 9.17) is 10.00 Å². The van der Waals surface area contributed by atoms with Crippen LogP contribution in [-0.4, -0.2) is 5.97 Å². The number of nitrogens with zero attached hydrogens (tertiary/aromatic N) is 1. The number of ether oxygens (including phenoxy) is 1. The molecule has 1 saturated carbocycles. The lowest BCUT2D eigenvalue weighted by Gasteiger charge is -2.37. The molecule has 146 valence electrons. The third-order valence-electron chi connectivity index (χ3n) is 5.94. The number of esters is 1. The van der Waals surface area contributed by atoms with Gasteiger partial charge in [-0.15, -0.1) is 0 Å². The number of hydrogen-bond donors (Lipinski definition) is 0. The molecule has 1 aliphatic rings. The first-order valence-electron chi connectivity index (χ1n) is 9.96. The van der Waals surface area contributed by atoms with E-state index in [1.54, 1.807) is 18.2 Å². The van der Waals surface area contributed by atoms with Gasteiger partial charge in [-0.3, -0.25) is 0 Å². The molecule has 0 amide bonds. The summed E-state index contributed by atoms with van der Waals surface area (Å²) in [5, 5.41) is 8.76. The van der Waals surface area contributed by atoms with E-state index in [0.29, 0.717) is 16.9 Å². The smallest absolute Gasteiger partial charge is 0.343 e. The van der Waals surface area contributed by atoms with Crippen molar-refractivity contribution >= 4 is 5.97 Å². The molecule has 3 nitrogen and oxygen atoms in total. The summed E-state index contributed by atoms with van der Waals surface area (Å²) in [6.07, 6.45) is 7.40. The Kier molecular flexibility index (Phi) is 6.14. The van der Waals surface area contributed by atoms with Crippen molar-refractivity contribution in [2.45, 2.75) is 58.3 Å². The van der Waals surface area contributed by atoms with Crippen LogP contribution < -0.4 is 4.74 Å². The van der Waals surface area contributed by atoms with E-state index in [-0.39, 0.29) is 11.3 Å². The van der Waals surface area contributed by atoms with Gasteiger partial charge >= 0.3 is 5.97 Å². The monoisotopic (exact) mass is 379 g/mol. The molecule has 0 heterocycles. The fourth-order valence-electron chi connectivity index (χ4n) is 4.21. The molecular weight excluding hydrogens is 353 g/mol. The molecule has 2 aromatic rings. The van der Waals surface area contributed by atoms with Crippen LogP contribution in [0.1, 0.15) is 79.8 Å². The number of carbonyl (C=O) groups excluding carboxylic acids is 1. The van der Waals surface area contributed by atoms with Crippen LogP contribution in [-0.2, 0) is 0 Å². The molecule has 0 aliphatic heterocycles. The van der Waals surface area contributed by atoms with E-state index in [2.05, 4.69) is 13.8 Å². The summed E-state index contributed by atoms with van der Waals surface area (Å²) in [4.78, 5) is 12.3. The van der Waals surface area contributed by atoms with Crippen LogP contribution in [0.5, 0.6) is 5.75 Å². The molecule has 2 aromatic carbocycles. The number of halogens is 1. The molecular formula is C24H26FNO2. The number of hydrogen-bond acceptors (Lipinski definition) is 3. The third kappa shape index (κ3) is 4.59. The van der Waals surface area contributed by atoms with Gasteiger partial charge in [0.1, 0.15) is 17.6 Å². The Morgan fingerprint density at radius 1 is 1.21 bits per heavy atom. The largest absolute Gasteiger partial charge is 0.423 e. The quantitative estimate of drug-likeness (QED) is 0.447. The minimum atomic E-state index is -0.699. The third-order valence-corrected chi connectivity index (χ3v) is 5.94. The van der Waals surface area contributed by atoms with Gasteiger partial charge in [-0.2, -0.15) is 5.26 Å². The average Bonchev–Trinajstić information content (AvgIpc) is 2.69. The molecule has 0 atom stereocenters. The van der Waals surface area contributed by atoms with E-state index in [1.165, 1.54) is 56.2 Å². The van der Waals surface area contributed by atoms with Crippen molar-refractivity contribution < 1.29 is 13.9 Å². The zero-order valence-electron chi connectivity index (χ0n) is 16.5. The van der Waals surface area contributed by atoms with Gasteiger partial charge in [0.25, 0.3) is 0 Å². The van der Waals surface area contributed by atoms with Crippen molar-refractivity contribution in [1.82, 2.24) is 0 Å². The summed E-state index contributed by atoms with van der Waals surface area (Å²) in [5.74, 6) is -0.596. The first-order chi connectivity index (χ1) is 13.4. The van der Waals surface area contributed by atoms with Gasteiger partial charge in [0.15, 0.2) is 0 Å². The van der Waals surface area contributed by atoms with Gasteiger partial charge in [-0.05, 0) is 73.3 Å². The SMILES string of the molecule is CCCC1(C)CCC(c2ccc(C(=O)Oc3ccc(C#N)c(F)c3)cc2)CC1. The van der Waals surface area contributed by atoms with Crippen LogP contribution in [0.25, 0.3) is 0 Å². The maximum atomic E-state index is 13.7. The Balaban J connectivity index is 1.62. The number of rotatable bonds is 5. The average molecular weight is 379 g/mol. The molecule has 0 saturated heterocycles. The molecule has 0 spiro atoms. The highest BCUT2D eigenvalue weighted by atomic mass is 19.1. The van der Waals surface area contributed by atoms with Crippen molar-refractivity contribution in [2.24, 2.45) is 5.41 Å². The van der Waals surface area contributed by atoms with Gasteiger partial charge < -0.3 is 4.74 Å². The highest BCUT2D eigenvalue weighted by molar-refractivity contribution is 5.91. The first kappa shape index (κ1) is 20.1. The topological polar surface area (TPSA) is 50.1 Å². The second kappa shape index (κ2) is 8.56. The Bertz CT molecular complexity index is 874. The fourth-order valence-corrected chi connectivity index (χ4v) is 4.21. The van der Waals surface area contributed by atoms with E-state index < -0.39 is 11.8 Å². The maximum Gasteiger partial charge on any atom is 0.343 e. The molecule has 0 bridgehead atoms. The fraction of sp³-hybridized carbons (Fsp3) is 0.417. The molecule has 0 aromatic heterocycles. The summed E-state index contributed by atoms with van der Waals surface area (Å²) < 4.78 is 18.9. The Hall–Kier alpha value is -2.67. The molecule has 1 aliphatic carbocycles. The minimum Gasteiger partial charge on any atom is -0.423 e. The van der Waals surface area contributed by atoms with Crippen molar-refractivity contribution in [2.75, 3.05) is 0 Å². The second-order valence-corrected chi connectivity index (χ2v) is 8.10. The number of benzene rings is 2. The van der Waals surface area contributed by atoms with E-state index in [1.807, 2.05) is 12.1 Å². The number of nitriles is 1. The Morgan fingerprint density at radius 2 is 1.89 bits per heavy atom. The van der Waals surface area contributed by atoms with Crippen LogP contribution in [0.4, 0.5) is 4.39 Å². The standard InChI is InChI=1S/C24H26FNO2/c1-3-12-24(2)13-10-18(11-14-24)17-4-6-19(7-5-17)23(27)28-21-9-8-20(16-26)22(25)15-21/h4-9,15,18H,3,10-14H2,1-2H3. The van der Waals surface area contributed by atoms with Crippen LogP contribution in [0.2, 0.25) is 0 Å². The van der Waals surface area contributed by atoms with Crippen LogP contribution in [0, 0.1) is 22.6 Å². The van der Waals surface area contributed by atoms with Crippen LogP contribution in [0.3, 0.4) is 0 Å². The Morgan fingerprint density at radius 3 is 2.46 bits per heavy atom. The van der Waals surface area contributed by atoms with Gasteiger partial charge in [0.05, 0.1) is 11.1 Å². The van der Waals surface area contributed by atoms with E-state index >= 15 is 0 Å². The van der Waals surface area contributed by atoms with Gasteiger partial charge in [0, 0.05) is 6.07 Å². The normalized spacial score (nSPS) is 21.7. The van der Waals surface area contributed by atoms with Gasteiger partial charge in [-0.1, -0.05) is 32.4 Å². The second-order valence-electron chi connectivity index (χ2n) is 8.10. The predicted octanol–water partition coefficient (Wildman–Crippen LogP) is 6.38. The lowest BCUT2D eigenvalue weighted by Crippen LogP contribution is -2.23. The lowest BCUT2D eigenvalue weighted by molar-refractivity contribution is 0.0734. The summed E-state index contributed by atoms with van der Waals surface area (Å²) >= 11 is 0. The highest BCUT2D eigenvalue weighted by Crippen LogP contribution is 2.45. The van der Waals surface area contributed by atoms with Crippen LogP contribution >= 0.6 is 0 Å². The van der Waals surface area contributed by atoms with Crippen molar-refractivity contribution in [3.05, 3.63) is 65.0 Å². The molecule has 0 radical (unpaired) electrons. The molecule has 4 heteroatoms. The highest BCUT2D eigenvalue weighted by Gasteiger charge is 2.30. The van der Waals surface area contributed by atoms with Gasteiger partial charge in [0.2, 0.25) is 0 Å². The van der Waals surface area contributed by atoms with Crippen molar-refractivity contribution in [3.8, 4) is 11.8 Å². The lowest BCUT2D eigenvalue weighted by atomic mass is 9.68. The molecule has 0 unspecified atom stereocenters. The summed E-state index contributed by atoms with van der Waals surface area (Å²) in [6.45, 7) is 4.65. The summed E-state index contributed by atoms with van der Waals surface area (Å²) in [7, 11) is 0. The number of carbonyl (C=O) groups is 1. The Labute approximate surface area is 166 Å². The molecule has 0 N–H and O–H groups in total. The molecule has 3 rings (SSSR count). The predicted molar refractivity (Wildman–Crippen MR) is 107 cm³/mol. The van der Waals surface area contributed by atoms with Gasteiger partial charge in [-0.25, -0.2) is 9.18 Å².